The summed E-state index contributed by atoms with van der Waals surface area (Å²) in [6.45, 7) is 5.31. The first kappa shape index (κ1) is 21.5. The Morgan fingerprint density at radius 2 is 1.26 bits per heavy atom. The Morgan fingerprint density at radius 1 is 0.677 bits per heavy atom. The van der Waals surface area contributed by atoms with Gasteiger partial charge in [0.05, 0.1) is 0 Å². The fourth-order valence-electron chi connectivity index (χ4n) is 4.72. The van der Waals surface area contributed by atoms with Crippen LogP contribution in [-0.4, -0.2) is 89.9 Å². The van der Waals surface area contributed by atoms with Gasteiger partial charge >= 0.3 is 12.1 Å². The molecule has 8 heteroatoms. The maximum atomic E-state index is 13.0. The average molecular weight is 428 g/mol. The van der Waals surface area contributed by atoms with Gasteiger partial charge in [-0.1, -0.05) is 18.2 Å². The minimum Gasteiger partial charge on any atom is -0.339 e. The molecule has 5 amide bonds. The smallest absolute Gasteiger partial charge is 0.321 e. The lowest BCUT2D eigenvalue weighted by atomic mass is 9.95. The van der Waals surface area contributed by atoms with E-state index in [1.165, 1.54) is 6.42 Å². The van der Waals surface area contributed by atoms with E-state index in [-0.39, 0.29) is 23.9 Å². The summed E-state index contributed by atoms with van der Waals surface area (Å²) in [7, 11) is 0. The van der Waals surface area contributed by atoms with Crippen LogP contribution >= 0.6 is 0 Å². The molecular weight excluding hydrogens is 394 g/mol. The first-order valence-corrected chi connectivity index (χ1v) is 11.6. The molecule has 0 saturated carbocycles. The van der Waals surface area contributed by atoms with Crippen molar-refractivity contribution >= 4 is 23.7 Å². The van der Waals surface area contributed by atoms with Gasteiger partial charge in [0, 0.05) is 64.0 Å². The van der Waals surface area contributed by atoms with Crippen LogP contribution in [0.4, 0.5) is 15.3 Å². The third kappa shape index (κ3) is 5.29. The molecule has 3 saturated heterocycles. The van der Waals surface area contributed by atoms with Crippen molar-refractivity contribution in [1.29, 1.82) is 0 Å². The number of nitrogens with one attached hydrogen (secondary N) is 1. The molecule has 1 aromatic rings. The van der Waals surface area contributed by atoms with Gasteiger partial charge in [0.1, 0.15) is 0 Å². The number of anilines is 1. The third-order valence-electron chi connectivity index (χ3n) is 6.64. The van der Waals surface area contributed by atoms with Crippen LogP contribution in [0.3, 0.4) is 0 Å². The predicted octanol–water partition coefficient (Wildman–Crippen LogP) is 2.68. The number of rotatable bonds is 2. The minimum atomic E-state index is -0.109. The van der Waals surface area contributed by atoms with Gasteiger partial charge in [-0.15, -0.1) is 0 Å². The molecule has 4 rings (SSSR count). The van der Waals surface area contributed by atoms with E-state index in [4.69, 9.17) is 0 Å². The molecule has 3 aliphatic heterocycles. The number of benzene rings is 1. The molecule has 0 radical (unpaired) electrons. The van der Waals surface area contributed by atoms with Gasteiger partial charge in [-0.05, 0) is 44.2 Å². The molecule has 1 N–H and O–H groups in total. The quantitative estimate of drug-likeness (QED) is 0.788. The highest BCUT2D eigenvalue weighted by Gasteiger charge is 2.33. The largest absolute Gasteiger partial charge is 0.339 e. The van der Waals surface area contributed by atoms with Crippen LogP contribution in [0.5, 0.6) is 0 Å². The van der Waals surface area contributed by atoms with Crippen LogP contribution in [-0.2, 0) is 4.79 Å². The van der Waals surface area contributed by atoms with E-state index < -0.39 is 0 Å². The lowest BCUT2D eigenvalue weighted by Crippen LogP contribution is -2.56. The summed E-state index contributed by atoms with van der Waals surface area (Å²) >= 11 is 0. The normalized spacial score (nSPS) is 20.5. The van der Waals surface area contributed by atoms with E-state index in [1.54, 1.807) is 4.90 Å². The van der Waals surface area contributed by atoms with Crippen LogP contribution in [0, 0.1) is 5.92 Å². The zero-order valence-electron chi connectivity index (χ0n) is 18.2. The van der Waals surface area contributed by atoms with E-state index >= 15 is 0 Å². The van der Waals surface area contributed by atoms with Gasteiger partial charge in [-0.2, -0.15) is 0 Å². The Hall–Kier alpha value is -2.77. The second-order valence-electron chi connectivity index (χ2n) is 8.70. The van der Waals surface area contributed by atoms with Crippen molar-refractivity contribution in [3.8, 4) is 0 Å². The summed E-state index contributed by atoms with van der Waals surface area (Å²) in [6, 6.07) is 9.44. The summed E-state index contributed by atoms with van der Waals surface area (Å²) < 4.78 is 0. The lowest BCUT2D eigenvalue weighted by Gasteiger charge is -2.40. The molecule has 3 aliphatic rings. The Labute approximate surface area is 184 Å². The first-order valence-electron chi connectivity index (χ1n) is 11.6. The molecule has 3 heterocycles. The number of carbonyl (C=O) groups is 3. The van der Waals surface area contributed by atoms with Crippen molar-refractivity contribution < 1.29 is 14.4 Å². The zero-order valence-corrected chi connectivity index (χ0v) is 18.2. The Morgan fingerprint density at radius 3 is 1.90 bits per heavy atom. The standard InChI is InChI=1S/C23H33N5O3/c29-21(25-15-17-28(18-16-25)23(31)27-11-5-2-6-12-27)19-9-13-26(14-10-19)22(30)24-20-7-3-1-4-8-20/h1,3-4,7-8,19H,2,5-6,9-18H2,(H,24,30). The molecule has 8 nitrogen and oxygen atoms in total. The van der Waals surface area contributed by atoms with Crippen molar-refractivity contribution in [2.75, 3.05) is 57.7 Å². The second kappa shape index (κ2) is 10.0. The zero-order chi connectivity index (χ0) is 21.6. The lowest BCUT2D eigenvalue weighted by molar-refractivity contribution is -0.138. The molecule has 0 atom stereocenters. The molecule has 1 aromatic carbocycles. The molecule has 0 aliphatic carbocycles. The molecule has 31 heavy (non-hydrogen) atoms. The van der Waals surface area contributed by atoms with Gasteiger partial charge in [-0.25, -0.2) is 9.59 Å². The minimum absolute atomic E-state index is 0.0369. The van der Waals surface area contributed by atoms with Crippen LogP contribution in [0.1, 0.15) is 32.1 Å². The molecule has 168 valence electrons. The van der Waals surface area contributed by atoms with Crippen LogP contribution in [0.15, 0.2) is 30.3 Å². The molecule has 0 aromatic heterocycles. The van der Waals surface area contributed by atoms with Crippen molar-refractivity contribution in [1.82, 2.24) is 19.6 Å². The SMILES string of the molecule is O=C(Nc1ccccc1)N1CCC(C(=O)N2CCN(C(=O)N3CCCCC3)CC2)CC1. The summed E-state index contributed by atoms with van der Waals surface area (Å²) in [6.07, 6.45) is 4.76. The van der Waals surface area contributed by atoms with Crippen molar-refractivity contribution in [2.45, 2.75) is 32.1 Å². The van der Waals surface area contributed by atoms with Gasteiger partial charge in [-0.3, -0.25) is 4.79 Å². The molecule has 0 bridgehead atoms. The Balaban J connectivity index is 1.20. The van der Waals surface area contributed by atoms with Gasteiger partial charge < -0.3 is 24.9 Å². The fraction of sp³-hybridized carbons (Fsp3) is 0.609. The fourth-order valence-corrected chi connectivity index (χ4v) is 4.72. The number of urea groups is 2. The molecule has 0 spiro atoms. The highest BCUT2D eigenvalue weighted by Crippen LogP contribution is 2.22. The highest BCUT2D eigenvalue weighted by molar-refractivity contribution is 5.89. The Bertz CT molecular complexity index is 765. The number of nitrogens with zero attached hydrogens (tertiary/aromatic N) is 4. The number of likely N-dealkylation sites (tertiary alicyclic amines) is 2. The van der Waals surface area contributed by atoms with Gasteiger partial charge in [0.25, 0.3) is 0 Å². The number of carbonyl (C=O) groups excluding carboxylic acids is 3. The number of piperidine rings is 2. The number of para-hydroxylation sites is 1. The van der Waals surface area contributed by atoms with E-state index in [2.05, 4.69) is 5.32 Å². The maximum absolute atomic E-state index is 13.0. The summed E-state index contributed by atoms with van der Waals surface area (Å²) in [5.74, 6) is 0.137. The molecule has 0 unspecified atom stereocenters. The highest BCUT2D eigenvalue weighted by atomic mass is 16.2. The van der Waals surface area contributed by atoms with Crippen LogP contribution in [0.25, 0.3) is 0 Å². The van der Waals surface area contributed by atoms with E-state index in [1.807, 2.05) is 45.0 Å². The number of hydrogen-bond acceptors (Lipinski definition) is 3. The van der Waals surface area contributed by atoms with Crippen LogP contribution < -0.4 is 5.32 Å². The number of piperazine rings is 1. The summed E-state index contributed by atoms with van der Waals surface area (Å²) in [5.41, 5.74) is 0.780. The van der Waals surface area contributed by atoms with Crippen molar-refractivity contribution in [3.05, 3.63) is 30.3 Å². The van der Waals surface area contributed by atoms with E-state index in [0.717, 1.165) is 31.6 Å². The van der Waals surface area contributed by atoms with Gasteiger partial charge in [0.15, 0.2) is 0 Å². The maximum Gasteiger partial charge on any atom is 0.321 e. The predicted molar refractivity (Wildman–Crippen MR) is 119 cm³/mol. The molecular formula is C23H33N5O3. The molecule has 3 fully saturated rings. The summed E-state index contributed by atoms with van der Waals surface area (Å²) in [5, 5.41) is 2.91. The van der Waals surface area contributed by atoms with Crippen molar-refractivity contribution in [2.24, 2.45) is 5.92 Å². The van der Waals surface area contributed by atoms with Gasteiger partial charge in [0.2, 0.25) is 5.91 Å². The number of amides is 5. The van der Waals surface area contributed by atoms with Crippen molar-refractivity contribution in [3.63, 3.8) is 0 Å². The third-order valence-corrected chi connectivity index (χ3v) is 6.64. The van der Waals surface area contributed by atoms with Crippen LogP contribution in [0.2, 0.25) is 0 Å². The Kier molecular flexibility index (Phi) is 6.94. The first-order chi connectivity index (χ1) is 15.1. The van der Waals surface area contributed by atoms with E-state index in [0.29, 0.717) is 52.1 Å². The topological polar surface area (TPSA) is 76.2 Å². The van der Waals surface area contributed by atoms with E-state index in [9.17, 15) is 14.4 Å². The number of hydrogen-bond donors (Lipinski definition) is 1. The monoisotopic (exact) mass is 427 g/mol. The summed E-state index contributed by atoms with van der Waals surface area (Å²) in [4.78, 5) is 45.7. The average Bonchev–Trinajstić information content (AvgIpc) is 2.84. The second-order valence-corrected chi connectivity index (χ2v) is 8.70.